The molecule has 0 aliphatic carbocycles. The molecule has 1 N–H and O–H groups in total. The highest BCUT2D eigenvalue weighted by atomic mass is 79.9. The van der Waals surface area contributed by atoms with E-state index >= 15 is 0 Å². The van der Waals surface area contributed by atoms with Gasteiger partial charge in [0.05, 0.1) is 12.8 Å². The van der Waals surface area contributed by atoms with E-state index in [2.05, 4.69) is 21.2 Å². The summed E-state index contributed by atoms with van der Waals surface area (Å²) in [6, 6.07) is 14.5. The lowest BCUT2D eigenvalue weighted by atomic mass is 10.1. The molecule has 0 atom stereocenters. The number of barbiturate groups is 1. The molecule has 0 spiro atoms. The van der Waals surface area contributed by atoms with Gasteiger partial charge in [0.1, 0.15) is 10.5 Å². The minimum absolute atomic E-state index is 0.0242. The molecule has 190 valence electrons. The molecule has 1 aliphatic heterocycles. The van der Waals surface area contributed by atoms with Crippen molar-refractivity contribution in [1.82, 2.24) is 5.32 Å². The highest BCUT2D eigenvalue weighted by Gasteiger charge is 2.37. The van der Waals surface area contributed by atoms with Crippen molar-refractivity contribution >= 4 is 55.7 Å². The standard InChI is InChI=1S/C26H21BrN2O7S/c1-15-4-8-19(9-5-15)37(33,34)36-22-11-6-17(14-23(22)35-3)13-20-24(30)28-26(32)29(25(20)31)21-10-7-18(27)12-16(21)2/h4-14H,1-3H3,(H,28,30,32)/b20-13-. The zero-order valence-electron chi connectivity index (χ0n) is 19.9. The number of ether oxygens (including phenoxy) is 1. The van der Waals surface area contributed by atoms with Gasteiger partial charge in [-0.25, -0.2) is 9.69 Å². The maximum absolute atomic E-state index is 13.2. The molecule has 1 fully saturated rings. The van der Waals surface area contributed by atoms with Crippen molar-refractivity contribution in [1.29, 1.82) is 0 Å². The number of urea groups is 1. The van der Waals surface area contributed by atoms with Crippen molar-refractivity contribution in [2.24, 2.45) is 0 Å². The van der Waals surface area contributed by atoms with Gasteiger partial charge in [-0.3, -0.25) is 14.9 Å². The molecule has 4 amide bonds. The quantitative estimate of drug-likeness (QED) is 0.257. The Morgan fingerprint density at radius 3 is 2.27 bits per heavy atom. The number of nitrogens with zero attached hydrogens (tertiary/aromatic N) is 1. The fourth-order valence-corrected chi connectivity index (χ4v) is 5.04. The van der Waals surface area contributed by atoms with Gasteiger partial charge in [-0.1, -0.05) is 39.7 Å². The molecule has 0 saturated carbocycles. The topological polar surface area (TPSA) is 119 Å². The van der Waals surface area contributed by atoms with Crippen LogP contribution >= 0.6 is 15.9 Å². The lowest BCUT2D eigenvalue weighted by Crippen LogP contribution is -2.54. The number of nitrogens with one attached hydrogen (secondary N) is 1. The number of halogens is 1. The van der Waals surface area contributed by atoms with E-state index in [0.29, 0.717) is 16.8 Å². The van der Waals surface area contributed by atoms with E-state index in [1.165, 1.54) is 43.5 Å². The van der Waals surface area contributed by atoms with E-state index in [1.54, 1.807) is 37.3 Å². The lowest BCUT2D eigenvalue weighted by Gasteiger charge is -2.27. The van der Waals surface area contributed by atoms with E-state index in [4.69, 9.17) is 8.92 Å². The molecule has 0 unspecified atom stereocenters. The molecule has 4 rings (SSSR count). The summed E-state index contributed by atoms with van der Waals surface area (Å²) in [6.07, 6.45) is 1.28. The summed E-state index contributed by atoms with van der Waals surface area (Å²) in [5, 5.41) is 2.18. The van der Waals surface area contributed by atoms with Gasteiger partial charge in [-0.15, -0.1) is 0 Å². The monoisotopic (exact) mass is 584 g/mol. The van der Waals surface area contributed by atoms with E-state index in [0.717, 1.165) is 14.9 Å². The van der Waals surface area contributed by atoms with Gasteiger partial charge in [-0.05, 0) is 73.5 Å². The number of aryl methyl sites for hydroxylation is 2. The van der Waals surface area contributed by atoms with E-state index < -0.39 is 28.0 Å². The maximum Gasteiger partial charge on any atom is 0.339 e. The number of carbonyl (C=O) groups is 3. The molecule has 11 heteroatoms. The highest BCUT2D eigenvalue weighted by molar-refractivity contribution is 9.10. The Balaban J connectivity index is 1.66. The third kappa shape index (κ3) is 5.42. The number of imide groups is 2. The summed E-state index contributed by atoms with van der Waals surface area (Å²) in [5.41, 5.74) is 1.92. The molecule has 0 aromatic heterocycles. The molecule has 1 aliphatic rings. The van der Waals surface area contributed by atoms with E-state index in [1.807, 2.05) is 6.92 Å². The molecule has 1 heterocycles. The summed E-state index contributed by atoms with van der Waals surface area (Å²) in [4.78, 5) is 39.1. The van der Waals surface area contributed by atoms with Gasteiger partial charge in [-0.2, -0.15) is 8.42 Å². The molecule has 1 saturated heterocycles. The van der Waals surface area contributed by atoms with Gasteiger partial charge in [0.15, 0.2) is 11.5 Å². The van der Waals surface area contributed by atoms with Crippen LogP contribution in [0.25, 0.3) is 6.08 Å². The van der Waals surface area contributed by atoms with Crippen molar-refractivity contribution in [3.63, 3.8) is 0 Å². The summed E-state index contributed by atoms with van der Waals surface area (Å²) >= 11 is 3.34. The SMILES string of the molecule is COc1cc(/C=C2/C(=O)NC(=O)N(c3ccc(Br)cc3C)C2=O)ccc1OS(=O)(=O)c1ccc(C)cc1. The Hall–Kier alpha value is -3.96. The van der Waals surface area contributed by atoms with Gasteiger partial charge in [0.2, 0.25) is 0 Å². The van der Waals surface area contributed by atoms with E-state index in [9.17, 15) is 22.8 Å². The Bertz CT molecular complexity index is 1560. The van der Waals surface area contributed by atoms with Crippen LogP contribution in [0, 0.1) is 13.8 Å². The van der Waals surface area contributed by atoms with Crippen LogP contribution in [-0.2, 0) is 19.7 Å². The van der Waals surface area contributed by atoms with Gasteiger partial charge >= 0.3 is 16.1 Å². The van der Waals surface area contributed by atoms with Gasteiger partial charge in [0, 0.05) is 4.47 Å². The number of anilines is 1. The number of methoxy groups -OCH3 is 1. The van der Waals surface area contributed by atoms with Crippen LogP contribution < -0.4 is 19.1 Å². The summed E-state index contributed by atoms with van der Waals surface area (Å²) in [6.45, 7) is 3.56. The second-order valence-electron chi connectivity index (χ2n) is 8.15. The second kappa shape index (κ2) is 10.2. The fourth-order valence-electron chi connectivity index (χ4n) is 3.63. The Kier molecular flexibility index (Phi) is 7.19. The second-order valence-corrected chi connectivity index (χ2v) is 10.6. The van der Waals surface area contributed by atoms with Crippen molar-refractivity contribution in [2.75, 3.05) is 12.0 Å². The largest absolute Gasteiger partial charge is 0.493 e. The third-order valence-corrected chi connectivity index (χ3v) is 7.25. The first kappa shape index (κ1) is 26.1. The predicted octanol–water partition coefficient (Wildman–Crippen LogP) is 4.51. The van der Waals surface area contributed by atoms with Crippen LogP contribution in [0.1, 0.15) is 16.7 Å². The van der Waals surface area contributed by atoms with Crippen LogP contribution in [0.2, 0.25) is 0 Å². The predicted molar refractivity (Wildman–Crippen MR) is 140 cm³/mol. The van der Waals surface area contributed by atoms with Crippen LogP contribution in [0.15, 0.2) is 75.6 Å². The number of benzene rings is 3. The summed E-state index contributed by atoms with van der Waals surface area (Å²) in [7, 11) is -2.81. The number of carbonyl (C=O) groups excluding carboxylic acids is 3. The lowest BCUT2D eigenvalue weighted by molar-refractivity contribution is -0.122. The van der Waals surface area contributed by atoms with Crippen molar-refractivity contribution in [2.45, 2.75) is 18.7 Å². The van der Waals surface area contributed by atoms with Crippen molar-refractivity contribution in [3.05, 3.63) is 87.4 Å². The minimum atomic E-state index is -4.13. The van der Waals surface area contributed by atoms with Gasteiger partial charge < -0.3 is 8.92 Å². The van der Waals surface area contributed by atoms with Crippen LogP contribution in [0.5, 0.6) is 11.5 Å². The Labute approximate surface area is 221 Å². The van der Waals surface area contributed by atoms with Gasteiger partial charge in [0.25, 0.3) is 11.8 Å². The molecule has 0 bridgehead atoms. The zero-order valence-corrected chi connectivity index (χ0v) is 22.3. The number of hydrogen-bond donors (Lipinski definition) is 1. The van der Waals surface area contributed by atoms with Crippen molar-refractivity contribution in [3.8, 4) is 11.5 Å². The normalized spacial score (nSPS) is 15.1. The first-order valence-electron chi connectivity index (χ1n) is 10.9. The van der Waals surface area contributed by atoms with E-state index in [-0.39, 0.29) is 22.0 Å². The van der Waals surface area contributed by atoms with Crippen LogP contribution in [-0.4, -0.2) is 33.4 Å². The highest BCUT2D eigenvalue weighted by Crippen LogP contribution is 2.33. The Morgan fingerprint density at radius 2 is 1.62 bits per heavy atom. The number of hydrogen-bond acceptors (Lipinski definition) is 7. The first-order valence-corrected chi connectivity index (χ1v) is 13.1. The number of amides is 4. The molecule has 37 heavy (non-hydrogen) atoms. The smallest absolute Gasteiger partial charge is 0.339 e. The fraction of sp³-hybridized carbons (Fsp3) is 0.115. The minimum Gasteiger partial charge on any atom is -0.493 e. The third-order valence-electron chi connectivity index (χ3n) is 5.51. The molecule has 0 radical (unpaired) electrons. The maximum atomic E-state index is 13.2. The molecule has 3 aromatic rings. The molecular weight excluding hydrogens is 564 g/mol. The number of rotatable bonds is 6. The first-order chi connectivity index (χ1) is 17.5. The van der Waals surface area contributed by atoms with Crippen LogP contribution in [0.4, 0.5) is 10.5 Å². The van der Waals surface area contributed by atoms with Crippen LogP contribution in [0.3, 0.4) is 0 Å². The zero-order chi connectivity index (χ0) is 26.9. The van der Waals surface area contributed by atoms with Crippen molar-refractivity contribution < 1.29 is 31.7 Å². The molecular formula is C26H21BrN2O7S. The molecule has 3 aromatic carbocycles. The molecule has 9 nitrogen and oxygen atoms in total. The average Bonchev–Trinajstić information content (AvgIpc) is 2.84. The average molecular weight is 585 g/mol. The summed E-state index contributed by atoms with van der Waals surface area (Å²) in [5.74, 6) is -1.68. The Morgan fingerprint density at radius 1 is 0.919 bits per heavy atom. The summed E-state index contributed by atoms with van der Waals surface area (Å²) < 4.78 is 36.7.